The van der Waals surface area contributed by atoms with Crippen molar-refractivity contribution in [3.8, 4) is 0 Å². The molecule has 0 aliphatic rings. The second-order valence-corrected chi connectivity index (χ2v) is 20.2. The van der Waals surface area contributed by atoms with E-state index in [1.54, 1.807) is 0 Å². The van der Waals surface area contributed by atoms with Gasteiger partial charge in [-0.1, -0.05) is 284 Å². The van der Waals surface area contributed by atoms with Gasteiger partial charge in [-0.3, -0.25) is 14.1 Å². The summed E-state index contributed by atoms with van der Waals surface area (Å²) in [6.07, 6.45) is 57.1. The zero-order valence-electron chi connectivity index (χ0n) is 41.3. The van der Waals surface area contributed by atoms with Crippen molar-refractivity contribution in [1.29, 1.82) is 0 Å². The highest BCUT2D eigenvalue weighted by atomic mass is 31.2. The van der Waals surface area contributed by atoms with Crippen LogP contribution in [0.15, 0.2) is 0 Å². The first-order valence-corrected chi connectivity index (χ1v) is 28.9. The van der Waals surface area contributed by atoms with Gasteiger partial charge in [0, 0.05) is 12.8 Å². The molecule has 2 N–H and O–H groups in total. The molecule has 0 saturated carbocycles. The summed E-state index contributed by atoms with van der Waals surface area (Å²) in [4.78, 5) is 43.2. The molecule has 0 aliphatic heterocycles. The van der Waals surface area contributed by atoms with Crippen molar-refractivity contribution in [2.24, 2.45) is 0 Å². The van der Waals surface area contributed by atoms with Crippen LogP contribution in [0.4, 0.5) is 0 Å². The number of phosphoric acid groups is 1. The summed E-state index contributed by atoms with van der Waals surface area (Å²) < 4.78 is 26.6. The molecular formula is C53H105O8P. The van der Waals surface area contributed by atoms with Gasteiger partial charge < -0.3 is 19.3 Å². The maximum Gasteiger partial charge on any atom is 0.469 e. The summed E-state index contributed by atoms with van der Waals surface area (Å²) in [5.74, 6) is -0.858. The lowest BCUT2D eigenvalue weighted by Gasteiger charge is -2.18. The number of phosphoric ester groups is 1. The number of carbonyl (C=O) groups excluding carboxylic acids is 2. The molecule has 0 aromatic carbocycles. The minimum absolute atomic E-state index is 0.221. The standard InChI is InChI=1S/C53H105O8P/c1-3-5-7-9-11-13-15-17-19-21-23-25-26-28-30-32-34-36-38-40-42-44-46-48-53(55)61-51(50-60-62(56,57)58)49-59-52(54)47-45-43-41-39-37-35-33-31-29-27-24-22-20-18-16-14-12-10-8-6-4-2/h51H,3-50H2,1-2H3,(H2,56,57,58)/t51-/m1/s1. The highest BCUT2D eigenvalue weighted by molar-refractivity contribution is 7.46. The number of carbonyl (C=O) groups is 2. The molecule has 0 amide bonds. The Hall–Kier alpha value is -0.950. The second kappa shape index (κ2) is 49.5. The Kier molecular flexibility index (Phi) is 48.7. The third kappa shape index (κ3) is 51.7. The monoisotopic (exact) mass is 901 g/mol. The number of hydrogen-bond donors (Lipinski definition) is 2. The summed E-state index contributed by atoms with van der Waals surface area (Å²) >= 11 is 0. The van der Waals surface area contributed by atoms with Crippen LogP contribution >= 0.6 is 7.82 Å². The molecular weight excluding hydrogens is 796 g/mol. The van der Waals surface area contributed by atoms with Crippen LogP contribution in [0.2, 0.25) is 0 Å². The Bertz CT molecular complexity index is 971. The molecule has 0 unspecified atom stereocenters. The average molecular weight is 901 g/mol. The van der Waals surface area contributed by atoms with E-state index in [0.717, 1.165) is 32.1 Å². The van der Waals surface area contributed by atoms with Crippen molar-refractivity contribution in [1.82, 2.24) is 0 Å². The van der Waals surface area contributed by atoms with E-state index in [4.69, 9.17) is 19.3 Å². The summed E-state index contributed by atoms with van der Waals surface area (Å²) in [5, 5.41) is 0. The Morgan fingerprint density at radius 1 is 0.355 bits per heavy atom. The van der Waals surface area contributed by atoms with Gasteiger partial charge in [-0.25, -0.2) is 4.57 Å². The molecule has 8 nitrogen and oxygen atoms in total. The van der Waals surface area contributed by atoms with E-state index in [9.17, 15) is 14.2 Å². The molecule has 0 rings (SSSR count). The lowest BCUT2D eigenvalue weighted by Crippen LogP contribution is -2.29. The van der Waals surface area contributed by atoms with Gasteiger partial charge in [0.1, 0.15) is 6.61 Å². The first-order valence-electron chi connectivity index (χ1n) is 27.3. The van der Waals surface area contributed by atoms with E-state index in [-0.39, 0.29) is 19.4 Å². The predicted molar refractivity (Wildman–Crippen MR) is 263 cm³/mol. The average Bonchev–Trinajstić information content (AvgIpc) is 3.25. The lowest BCUT2D eigenvalue weighted by molar-refractivity contribution is -0.161. The Morgan fingerprint density at radius 2 is 0.581 bits per heavy atom. The van der Waals surface area contributed by atoms with E-state index >= 15 is 0 Å². The van der Waals surface area contributed by atoms with Gasteiger partial charge in [0.15, 0.2) is 6.10 Å². The van der Waals surface area contributed by atoms with Crippen molar-refractivity contribution < 1.29 is 37.9 Å². The third-order valence-corrected chi connectivity index (χ3v) is 13.1. The zero-order chi connectivity index (χ0) is 45.3. The topological polar surface area (TPSA) is 119 Å². The zero-order valence-corrected chi connectivity index (χ0v) is 42.2. The van der Waals surface area contributed by atoms with Crippen molar-refractivity contribution in [2.75, 3.05) is 13.2 Å². The van der Waals surface area contributed by atoms with Gasteiger partial charge >= 0.3 is 19.8 Å². The fraction of sp³-hybridized carbons (Fsp3) is 0.962. The Morgan fingerprint density at radius 3 is 0.823 bits per heavy atom. The highest BCUT2D eigenvalue weighted by Crippen LogP contribution is 2.36. The van der Waals surface area contributed by atoms with Crippen LogP contribution < -0.4 is 0 Å². The van der Waals surface area contributed by atoms with E-state index in [1.807, 2.05) is 0 Å². The molecule has 370 valence electrons. The van der Waals surface area contributed by atoms with Gasteiger partial charge in [-0.15, -0.1) is 0 Å². The Balaban J connectivity index is 3.72. The van der Waals surface area contributed by atoms with Gasteiger partial charge in [-0.05, 0) is 12.8 Å². The maximum absolute atomic E-state index is 12.5. The number of unbranched alkanes of at least 4 members (excludes halogenated alkanes) is 42. The Labute approximate surface area is 385 Å². The van der Waals surface area contributed by atoms with Crippen molar-refractivity contribution in [3.05, 3.63) is 0 Å². The predicted octanol–water partition coefficient (Wildman–Crippen LogP) is 17.5. The van der Waals surface area contributed by atoms with Crippen molar-refractivity contribution in [2.45, 2.75) is 315 Å². The minimum Gasteiger partial charge on any atom is -0.462 e. The third-order valence-electron chi connectivity index (χ3n) is 12.6. The fourth-order valence-corrected chi connectivity index (χ4v) is 8.92. The molecule has 0 aliphatic carbocycles. The molecule has 0 bridgehead atoms. The van der Waals surface area contributed by atoms with Crippen LogP contribution in [0.1, 0.15) is 309 Å². The van der Waals surface area contributed by atoms with Crippen molar-refractivity contribution in [3.63, 3.8) is 0 Å². The first kappa shape index (κ1) is 61.0. The van der Waals surface area contributed by atoms with E-state index in [2.05, 4.69) is 18.4 Å². The fourth-order valence-electron chi connectivity index (χ4n) is 8.56. The molecule has 0 fully saturated rings. The smallest absolute Gasteiger partial charge is 0.462 e. The second-order valence-electron chi connectivity index (χ2n) is 18.9. The van der Waals surface area contributed by atoms with Gasteiger partial charge in [0.25, 0.3) is 0 Å². The normalized spacial score (nSPS) is 12.3. The molecule has 9 heteroatoms. The van der Waals surface area contributed by atoms with Crippen LogP contribution in [-0.4, -0.2) is 41.0 Å². The summed E-state index contributed by atoms with van der Waals surface area (Å²) in [6, 6.07) is 0. The highest BCUT2D eigenvalue weighted by Gasteiger charge is 2.23. The summed E-state index contributed by atoms with van der Waals surface area (Å²) in [7, 11) is -4.75. The quantitative estimate of drug-likeness (QED) is 0.0352. The van der Waals surface area contributed by atoms with Gasteiger partial charge in [0.05, 0.1) is 6.61 Å². The number of ether oxygens (including phenoxy) is 2. The molecule has 0 radical (unpaired) electrons. The minimum atomic E-state index is -4.75. The van der Waals surface area contributed by atoms with E-state index < -0.39 is 32.5 Å². The molecule has 1 atom stereocenters. The lowest BCUT2D eigenvalue weighted by atomic mass is 10.0. The first-order chi connectivity index (χ1) is 30.3. The molecule has 0 saturated heterocycles. The van der Waals surface area contributed by atoms with Crippen molar-refractivity contribution >= 4 is 19.8 Å². The summed E-state index contributed by atoms with van der Waals surface area (Å²) in [6.45, 7) is 3.76. The number of hydrogen-bond acceptors (Lipinski definition) is 6. The van der Waals surface area contributed by atoms with E-state index in [0.29, 0.717) is 6.42 Å². The maximum atomic E-state index is 12.5. The molecule has 0 aromatic heterocycles. The van der Waals surface area contributed by atoms with Crippen LogP contribution in [0, 0.1) is 0 Å². The van der Waals surface area contributed by atoms with Gasteiger partial charge in [-0.2, -0.15) is 0 Å². The molecule has 0 spiro atoms. The van der Waals surface area contributed by atoms with Crippen LogP contribution in [0.5, 0.6) is 0 Å². The molecule has 62 heavy (non-hydrogen) atoms. The number of rotatable bonds is 52. The van der Waals surface area contributed by atoms with Crippen LogP contribution in [0.3, 0.4) is 0 Å². The van der Waals surface area contributed by atoms with Crippen LogP contribution in [0.25, 0.3) is 0 Å². The van der Waals surface area contributed by atoms with E-state index in [1.165, 1.54) is 244 Å². The van der Waals surface area contributed by atoms with Gasteiger partial charge in [0.2, 0.25) is 0 Å². The number of esters is 2. The molecule has 0 heterocycles. The molecule has 0 aromatic rings. The summed E-state index contributed by atoms with van der Waals surface area (Å²) in [5.41, 5.74) is 0. The SMILES string of the molecule is CCCCCCCCCCCCCCCCCCCCCCCCCC(=O)O[C@H](COC(=O)CCCCCCCCCCCCCCCCCCCCCCC)COP(=O)(O)O. The largest absolute Gasteiger partial charge is 0.469 e. The van der Waals surface area contributed by atoms with Crippen LogP contribution in [-0.2, 0) is 28.2 Å².